The number of aromatic nitrogens is 6. The van der Waals surface area contributed by atoms with Crippen LogP contribution in [0.2, 0.25) is 0 Å². The predicted molar refractivity (Wildman–Crippen MR) is 114 cm³/mol. The molecule has 2 aromatic carbocycles. The van der Waals surface area contributed by atoms with Gasteiger partial charge in [-0.25, -0.2) is 4.98 Å². The first kappa shape index (κ1) is 22.6. The Labute approximate surface area is 191 Å². The van der Waals surface area contributed by atoms with Gasteiger partial charge in [-0.05, 0) is 42.5 Å². The summed E-state index contributed by atoms with van der Waals surface area (Å²) in [6.07, 6.45) is -1.44. The average molecular weight is 476 g/mol. The topological polar surface area (TPSA) is 79.9 Å². The third-order valence-electron chi connectivity index (χ3n) is 4.58. The molecule has 0 bridgehead atoms. The van der Waals surface area contributed by atoms with Crippen LogP contribution in [0.3, 0.4) is 0 Å². The van der Waals surface area contributed by atoms with Crippen LogP contribution in [0.15, 0.2) is 66.3 Å². The Morgan fingerprint density at radius 1 is 1.03 bits per heavy atom. The second-order valence-electron chi connectivity index (χ2n) is 6.75. The van der Waals surface area contributed by atoms with Gasteiger partial charge in [-0.1, -0.05) is 17.8 Å². The van der Waals surface area contributed by atoms with Crippen LogP contribution in [0.4, 0.5) is 13.2 Å². The molecule has 0 fully saturated rings. The number of thioether (sulfide) groups is 1. The van der Waals surface area contributed by atoms with Crippen molar-refractivity contribution in [3.63, 3.8) is 0 Å². The molecule has 0 saturated heterocycles. The predicted octanol–water partition coefficient (Wildman–Crippen LogP) is 4.26. The lowest BCUT2D eigenvalue weighted by atomic mass is 10.2. The van der Waals surface area contributed by atoms with Crippen LogP contribution in [0.5, 0.6) is 11.5 Å². The summed E-state index contributed by atoms with van der Waals surface area (Å²) in [5.74, 6) is 2.18. The van der Waals surface area contributed by atoms with E-state index in [9.17, 15) is 13.2 Å². The number of hydrogen-bond donors (Lipinski definition) is 0. The summed E-state index contributed by atoms with van der Waals surface area (Å²) in [7, 11) is 1.56. The molecule has 4 rings (SSSR count). The molecule has 0 atom stereocenters. The molecule has 0 spiro atoms. The van der Waals surface area contributed by atoms with Crippen LogP contribution in [-0.2, 0) is 19.3 Å². The lowest BCUT2D eigenvalue weighted by Crippen LogP contribution is -2.10. The van der Waals surface area contributed by atoms with Crippen molar-refractivity contribution in [1.29, 1.82) is 0 Å². The van der Waals surface area contributed by atoms with Gasteiger partial charge in [0.2, 0.25) is 0 Å². The molecule has 2 heterocycles. The van der Waals surface area contributed by atoms with E-state index in [1.165, 1.54) is 24.2 Å². The Morgan fingerprint density at radius 2 is 1.82 bits per heavy atom. The fraction of sp³-hybridized carbons (Fsp3) is 0.238. The normalized spacial score (nSPS) is 11.5. The lowest BCUT2D eigenvalue weighted by Gasteiger charge is -2.13. The molecule has 12 heteroatoms. The van der Waals surface area contributed by atoms with Gasteiger partial charge in [-0.2, -0.15) is 18.3 Å². The maximum absolute atomic E-state index is 13.3. The summed E-state index contributed by atoms with van der Waals surface area (Å²) in [5.41, 5.74) is -0.458. The second kappa shape index (κ2) is 9.94. The highest BCUT2D eigenvalue weighted by molar-refractivity contribution is 7.99. The number of rotatable bonds is 9. The van der Waals surface area contributed by atoms with Gasteiger partial charge in [-0.15, -0.1) is 10.2 Å². The minimum absolute atomic E-state index is 0.0131. The van der Waals surface area contributed by atoms with Gasteiger partial charge >= 0.3 is 6.18 Å². The maximum Gasteiger partial charge on any atom is 0.416 e. The fourth-order valence-corrected chi connectivity index (χ4v) is 3.87. The SMILES string of the molecule is COc1ccc(OCc2nnc(SCCn3cncn3)n2-c2cccc(C(F)(F)F)c2)cc1. The molecule has 0 aliphatic heterocycles. The Balaban J connectivity index is 1.59. The highest BCUT2D eigenvalue weighted by atomic mass is 32.2. The number of halogens is 3. The minimum Gasteiger partial charge on any atom is -0.497 e. The van der Waals surface area contributed by atoms with Crippen molar-refractivity contribution < 1.29 is 22.6 Å². The van der Waals surface area contributed by atoms with Crippen molar-refractivity contribution in [3.8, 4) is 17.2 Å². The van der Waals surface area contributed by atoms with E-state index >= 15 is 0 Å². The number of alkyl halides is 3. The minimum atomic E-state index is -4.47. The highest BCUT2D eigenvalue weighted by Crippen LogP contribution is 2.32. The zero-order chi connectivity index (χ0) is 23.3. The first-order chi connectivity index (χ1) is 15.9. The molecule has 4 aromatic rings. The number of aryl methyl sites for hydroxylation is 1. The van der Waals surface area contributed by atoms with Gasteiger partial charge in [0.15, 0.2) is 11.0 Å². The zero-order valence-electron chi connectivity index (χ0n) is 17.4. The standard InChI is InChI=1S/C21H19F3N6O2S/c1-31-17-5-7-18(8-6-17)32-12-19-27-28-20(33-10-9-29-14-25-13-26-29)30(19)16-4-2-3-15(11-16)21(22,23)24/h2-8,11,13-14H,9-10,12H2,1H3. The van der Waals surface area contributed by atoms with Crippen LogP contribution in [0.1, 0.15) is 11.4 Å². The van der Waals surface area contributed by atoms with Crippen molar-refractivity contribution in [2.45, 2.75) is 24.5 Å². The first-order valence-electron chi connectivity index (χ1n) is 9.78. The molecule has 0 aliphatic carbocycles. The van der Waals surface area contributed by atoms with Crippen molar-refractivity contribution in [2.24, 2.45) is 0 Å². The molecule has 0 saturated carbocycles. The monoisotopic (exact) mass is 476 g/mol. The average Bonchev–Trinajstić information content (AvgIpc) is 3.48. The summed E-state index contributed by atoms with van der Waals surface area (Å²) in [5, 5.41) is 12.9. The molecule has 2 aromatic heterocycles. The smallest absolute Gasteiger partial charge is 0.416 e. The molecule has 0 amide bonds. The second-order valence-corrected chi connectivity index (χ2v) is 7.82. The fourth-order valence-electron chi connectivity index (χ4n) is 2.97. The summed E-state index contributed by atoms with van der Waals surface area (Å²) in [6, 6.07) is 12.0. The number of benzene rings is 2. The van der Waals surface area contributed by atoms with E-state index in [1.807, 2.05) is 0 Å². The van der Waals surface area contributed by atoms with Crippen molar-refractivity contribution in [3.05, 3.63) is 72.6 Å². The number of methoxy groups -OCH3 is 1. The van der Waals surface area contributed by atoms with Crippen molar-refractivity contribution in [1.82, 2.24) is 29.5 Å². The van der Waals surface area contributed by atoms with Gasteiger partial charge in [0.05, 0.1) is 24.9 Å². The van der Waals surface area contributed by atoms with Crippen LogP contribution >= 0.6 is 11.8 Å². The molecular formula is C21H19F3N6O2S. The molecular weight excluding hydrogens is 457 g/mol. The van der Waals surface area contributed by atoms with E-state index in [0.717, 1.165) is 12.1 Å². The Morgan fingerprint density at radius 3 is 2.52 bits per heavy atom. The molecule has 0 N–H and O–H groups in total. The van der Waals surface area contributed by atoms with E-state index in [2.05, 4.69) is 20.3 Å². The summed E-state index contributed by atoms with van der Waals surface area (Å²) < 4.78 is 54.1. The van der Waals surface area contributed by atoms with E-state index < -0.39 is 11.7 Å². The van der Waals surface area contributed by atoms with Crippen molar-refractivity contribution >= 4 is 11.8 Å². The van der Waals surface area contributed by atoms with E-state index in [-0.39, 0.29) is 6.61 Å². The maximum atomic E-state index is 13.3. The van der Waals surface area contributed by atoms with E-state index in [4.69, 9.17) is 9.47 Å². The van der Waals surface area contributed by atoms with Gasteiger partial charge < -0.3 is 9.47 Å². The van der Waals surface area contributed by atoms with Crippen LogP contribution < -0.4 is 9.47 Å². The van der Waals surface area contributed by atoms with Crippen LogP contribution in [0.25, 0.3) is 5.69 Å². The molecule has 33 heavy (non-hydrogen) atoms. The Kier molecular flexibility index (Phi) is 6.82. The molecule has 0 unspecified atom stereocenters. The third kappa shape index (κ3) is 5.64. The quantitative estimate of drug-likeness (QED) is 0.334. The Bertz CT molecular complexity index is 1180. The molecule has 0 aliphatic rings. The lowest BCUT2D eigenvalue weighted by molar-refractivity contribution is -0.137. The molecule has 0 radical (unpaired) electrons. The largest absolute Gasteiger partial charge is 0.497 e. The van der Waals surface area contributed by atoms with Crippen molar-refractivity contribution in [2.75, 3.05) is 12.9 Å². The number of hydrogen-bond acceptors (Lipinski definition) is 7. The van der Waals surface area contributed by atoms with Gasteiger partial charge in [0, 0.05) is 5.75 Å². The van der Waals surface area contributed by atoms with Gasteiger partial charge in [-0.3, -0.25) is 9.25 Å². The van der Waals surface area contributed by atoms with Crippen LogP contribution in [0, 0.1) is 0 Å². The zero-order valence-corrected chi connectivity index (χ0v) is 18.3. The molecule has 172 valence electrons. The van der Waals surface area contributed by atoms with Gasteiger partial charge in [0.25, 0.3) is 0 Å². The van der Waals surface area contributed by atoms with Crippen LogP contribution in [-0.4, -0.2) is 42.4 Å². The van der Waals surface area contributed by atoms with E-state index in [1.54, 1.807) is 53.0 Å². The summed E-state index contributed by atoms with van der Waals surface area (Å²) in [4.78, 5) is 3.89. The Hall–Kier alpha value is -3.54. The number of ether oxygens (including phenoxy) is 2. The van der Waals surface area contributed by atoms with E-state index in [0.29, 0.717) is 40.5 Å². The first-order valence-corrected chi connectivity index (χ1v) is 10.8. The number of nitrogens with zero attached hydrogens (tertiary/aromatic N) is 6. The third-order valence-corrected chi connectivity index (χ3v) is 5.49. The summed E-state index contributed by atoms with van der Waals surface area (Å²) >= 11 is 1.35. The summed E-state index contributed by atoms with van der Waals surface area (Å²) in [6.45, 7) is 0.566. The van der Waals surface area contributed by atoms with Gasteiger partial charge in [0.1, 0.15) is 30.8 Å². The molecule has 8 nitrogen and oxygen atoms in total. The highest BCUT2D eigenvalue weighted by Gasteiger charge is 2.31.